The van der Waals surface area contributed by atoms with Crippen molar-refractivity contribution in [2.24, 2.45) is 23.7 Å². The van der Waals surface area contributed by atoms with Gasteiger partial charge in [-0.2, -0.15) is 0 Å². The molecule has 2 heteroatoms. The zero-order valence-corrected chi connectivity index (χ0v) is 14.9. The van der Waals surface area contributed by atoms with Gasteiger partial charge < -0.3 is 5.11 Å². The van der Waals surface area contributed by atoms with Crippen LogP contribution in [0.1, 0.15) is 34.1 Å². The molecule has 1 nitrogen and oxygen atoms in total. The first-order valence-electron chi connectivity index (χ1n) is 8.06. The van der Waals surface area contributed by atoms with Gasteiger partial charge in [0.2, 0.25) is 0 Å². The third kappa shape index (κ3) is 2.17. The number of hydrogen-bond acceptors (Lipinski definition) is 1. The van der Waals surface area contributed by atoms with Gasteiger partial charge in [0, 0.05) is 0 Å². The standard InChI is InChI=1S/C18H30OSi/c1-7-13(2)18(19,17-14(3)15(17)4)20(5,6)16-11-9-8-10-12-16/h8-15,17,19H,7H2,1-6H3/t13?,14-,15-,18-/m1/s1. The number of hydrogen-bond donors (Lipinski definition) is 1. The van der Waals surface area contributed by atoms with E-state index in [1.165, 1.54) is 5.19 Å². The zero-order chi connectivity index (χ0) is 15.1. The monoisotopic (exact) mass is 290 g/mol. The van der Waals surface area contributed by atoms with Crippen LogP contribution in [0.5, 0.6) is 0 Å². The first-order chi connectivity index (χ1) is 9.28. The first kappa shape index (κ1) is 15.8. The molecule has 0 bridgehead atoms. The Kier molecular flexibility index (Phi) is 4.19. The molecule has 1 aliphatic rings. The molecule has 0 aliphatic heterocycles. The van der Waals surface area contributed by atoms with Crippen molar-refractivity contribution >= 4 is 13.3 Å². The molecule has 1 saturated carbocycles. The van der Waals surface area contributed by atoms with Crippen LogP contribution in [0.4, 0.5) is 0 Å². The minimum atomic E-state index is -1.95. The minimum absolute atomic E-state index is 0.363. The van der Waals surface area contributed by atoms with Crippen LogP contribution in [0.15, 0.2) is 30.3 Å². The predicted octanol–water partition coefficient (Wildman–Crippen LogP) is 3.82. The molecule has 20 heavy (non-hydrogen) atoms. The van der Waals surface area contributed by atoms with Gasteiger partial charge in [-0.3, -0.25) is 0 Å². The molecule has 112 valence electrons. The SMILES string of the molecule is CCC(C)[C@](O)(C1[C@H](C)[C@H]1C)[Si](C)(C)c1ccccc1. The third-order valence-electron chi connectivity index (χ3n) is 6.19. The quantitative estimate of drug-likeness (QED) is 0.817. The maximum Gasteiger partial charge on any atom is 0.117 e. The van der Waals surface area contributed by atoms with Gasteiger partial charge in [-0.1, -0.05) is 82.7 Å². The summed E-state index contributed by atoms with van der Waals surface area (Å²) in [7, 11) is -1.95. The Morgan fingerprint density at radius 2 is 1.65 bits per heavy atom. The fourth-order valence-electron chi connectivity index (χ4n) is 4.22. The van der Waals surface area contributed by atoms with Crippen molar-refractivity contribution in [2.75, 3.05) is 0 Å². The molecule has 1 aromatic carbocycles. The number of rotatable bonds is 5. The summed E-state index contributed by atoms with van der Waals surface area (Å²) < 4.78 is 0. The Balaban J connectivity index is 2.46. The van der Waals surface area contributed by atoms with Crippen molar-refractivity contribution < 1.29 is 5.11 Å². The molecule has 1 unspecified atom stereocenters. The van der Waals surface area contributed by atoms with Gasteiger partial charge in [0.25, 0.3) is 0 Å². The van der Waals surface area contributed by atoms with Crippen molar-refractivity contribution in [1.29, 1.82) is 0 Å². The largest absolute Gasteiger partial charge is 0.392 e. The molecular weight excluding hydrogens is 260 g/mol. The van der Waals surface area contributed by atoms with Crippen molar-refractivity contribution in [1.82, 2.24) is 0 Å². The summed E-state index contributed by atoms with van der Waals surface area (Å²) in [5.74, 6) is 2.15. The molecule has 2 rings (SSSR count). The van der Waals surface area contributed by atoms with Crippen molar-refractivity contribution in [3.8, 4) is 0 Å². The highest BCUT2D eigenvalue weighted by Gasteiger charge is 2.64. The first-order valence-corrected chi connectivity index (χ1v) is 11.1. The average Bonchev–Trinajstić information content (AvgIpc) is 3.05. The molecule has 0 heterocycles. The highest BCUT2D eigenvalue weighted by Crippen LogP contribution is 2.57. The lowest BCUT2D eigenvalue weighted by Gasteiger charge is -2.47. The van der Waals surface area contributed by atoms with E-state index < -0.39 is 13.3 Å². The molecule has 1 aromatic rings. The molecule has 0 aromatic heterocycles. The maximum atomic E-state index is 11.8. The van der Waals surface area contributed by atoms with Gasteiger partial charge in [0.15, 0.2) is 0 Å². The number of benzene rings is 1. The predicted molar refractivity (Wildman–Crippen MR) is 89.8 cm³/mol. The lowest BCUT2D eigenvalue weighted by Crippen LogP contribution is -2.67. The zero-order valence-electron chi connectivity index (χ0n) is 13.9. The van der Waals surface area contributed by atoms with E-state index in [9.17, 15) is 5.11 Å². The van der Waals surface area contributed by atoms with Gasteiger partial charge in [0.1, 0.15) is 8.07 Å². The lowest BCUT2D eigenvalue weighted by molar-refractivity contribution is 0.0289. The van der Waals surface area contributed by atoms with Crippen LogP contribution < -0.4 is 5.19 Å². The fourth-order valence-corrected chi connectivity index (χ4v) is 8.51. The highest BCUT2D eigenvalue weighted by molar-refractivity contribution is 6.92. The van der Waals surface area contributed by atoms with E-state index in [4.69, 9.17) is 0 Å². The Hall–Kier alpha value is -0.603. The molecule has 1 aliphatic carbocycles. The van der Waals surface area contributed by atoms with Crippen molar-refractivity contribution in [3.05, 3.63) is 30.3 Å². The molecular formula is C18H30OSi. The molecule has 0 amide bonds. The van der Waals surface area contributed by atoms with Gasteiger partial charge >= 0.3 is 0 Å². The minimum Gasteiger partial charge on any atom is -0.392 e. The van der Waals surface area contributed by atoms with Crippen LogP contribution in [0.2, 0.25) is 13.1 Å². The topological polar surface area (TPSA) is 20.2 Å². The van der Waals surface area contributed by atoms with E-state index in [-0.39, 0.29) is 0 Å². The second-order valence-electron chi connectivity index (χ2n) is 7.37. The number of aliphatic hydroxyl groups is 1. The van der Waals surface area contributed by atoms with Crippen molar-refractivity contribution in [2.45, 2.75) is 52.4 Å². The Bertz CT molecular complexity index is 448. The maximum absolute atomic E-state index is 11.8. The van der Waals surface area contributed by atoms with Crippen LogP contribution in [-0.4, -0.2) is 18.4 Å². The summed E-state index contributed by atoms with van der Waals surface area (Å²) >= 11 is 0. The van der Waals surface area contributed by atoms with Crippen LogP contribution >= 0.6 is 0 Å². The summed E-state index contributed by atoms with van der Waals surface area (Å²) in [4.78, 5) is 0. The normalized spacial score (nSPS) is 30.6. The Morgan fingerprint density at radius 1 is 1.15 bits per heavy atom. The highest BCUT2D eigenvalue weighted by atomic mass is 28.3. The Labute approximate surface area is 125 Å². The van der Waals surface area contributed by atoms with E-state index in [1.54, 1.807) is 0 Å². The summed E-state index contributed by atoms with van der Waals surface area (Å²) in [6.07, 6.45) is 1.05. The van der Waals surface area contributed by atoms with E-state index in [0.717, 1.165) is 6.42 Å². The van der Waals surface area contributed by atoms with Crippen LogP contribution in [0.25, 0.3) is 0 Å². The summed E-state index contributed by atoms with van der Waals surface area (Å²) in [6.45, 7) is 13.8. The molecule has 0 saturated heterocycles. The van der Waals surface area contributed by atoms with Crippen LogP contribution in [0, 0.1) is 23.7 Å². The van der Waals surface area contributed by atoms with Crippen LogP contribution in [-0.2, 0) is 0 Å². The van der Waals surface area contributed by atoms with E-state index in [2.05, 4.69) is 71.1 Å². The fraction of sp³-hybridized carbons (Fsp3) is 0.667. The summed E-state index contributed by atoms with van der Waals surface area (Å²) in [6, 6.07) is 10.7. The molecule has 0 radical (unpaired) electrons. The summed E-state index contributed by atoms with van der Waals surface area (Å²) in [5.41, 5.74) is 0. The average molecular weight is 291 g/mol. The Morgan fingerprint density at radius 3 is 2.05 bits per heavy atom. The summed E-state index contributed by atoms with van der Waals surface area (Å²) in [5, 5.41) is 12.7. The third-order valence-corrected chi connectivity index (χ3v) is 10.8. The molecule has 1 fully saturated rings. The smallest absolute Gasteiger partial charge is 0.117 e. The molecule has 4 atom stereocenters. The van der Waals surface area contributed by atoms with Crippen molar-refractivity contribution in [3.63, 3.8) is 0 Å². The van der Waals surface area contributed by atoms with E-state index in [1.807, 2.05) is 0 Å². The second-order valence-corrected chi connectivity index (χ2v) is 12.0. The van der Waals surface area contributed by atoms with Crippen LogP contribution in [0.3, 0.4) is 0 Å². The lowest BCUT2D eigenvalue weighted by atomic mass is 9.95. The van der Waals surface area contributed by atoms with E-state index in [0.29, 0.717) is 23.7 Å². The molecule has 0 spiro atoms. The van der Waals surface area contributed by atoms with Gasteiger partial charge in [0.05, 0.1) is 5.22 Å². The second kappa shape index (κ2) is 5.30. The van der Waals surface area contributed by atoms with Gasteiger partial charge in [-0.15, -0.1) is 0 Å². The van der Waals surface area contributed by atoms with E-state index >= 15 is 0 Å². The molecule has 1 N–H and O–H groups in total. The van der Waals surface area contributed by atoms with Gasteiger partial charge in [-0.05, 0) is 23.7 Å². The van der Waals surface area contributed by atoms with Gasteiger partial charge in [-0.25, -0.2) is 0 Å².